The molecule has 1 aromatic heterocycles. The first-order valence-electron chi connectivity index (χ1n) is 10.7. The number of aromatic nitrogens is 2. The van der Waals surface area contributed by atoms with E-state index in [2.05, 4.69) is 22.8 Å². The van der Waals surface area contributed by atoms with Crippen molar-refractivity contribution in [3.63, 3.8) is 0 Å². The Morgan fingerprint density at radius 2 is 1.80 bits per heavy atom. The molecule has 0 bridgehead atoms. The normalized spacial score (nSPS) is 14.9. The maximum atomic E-state index is 12.3. The zero-order valence-electron chi connectivity index (χ0n) is 17.2. The lowest BCUT2D eigenvalue weighted by atomic mass is 9.96. The second-order valence-corrected chi connectivity index (χ2v) is 8.22. The van der Waals surface area contributed by atoms with Gasteiger partial charge < -0.3 is 14.2 Å². The van der Waals surface area contributed by atoms with Crippen molar-refractivity contribution in [2.45, 2.75) is 38.8 Å². The lowest BCUT2D eigenvalue weighted by Crippen LogP contribution is -2.39. The molecular weight excluding hydrogens is 398 g/mol. The van der Waals surface area contributed by atoms with Gasteiger partial charge in [-0.05, 0) is 49.4 Å². The fraction of sp³-hybridized carbons (Fsp3) is 0.417. The number of ether oxygens (including phenoxy) is 1. The van der Waals surface area contributed by atoms with Crippen molar-refractivity contribution in [3.8, 4) is 5.75 Å². The first-order valence-corrected chi connectivity index (χ1v) is 11.2. The molecule has 2 heterocycles. The molecule has 1 aliphatic rings. The molecule has 1 saturated heterocycles. The van der Waals surface area contributed by atoms with Crippen LogP contribution in [0.2, 0.25) is 0 Å². The number of alkyl halides is 1. The molecule has 158 valence electrons. The van der Waals surface area contributed by atoms with Crippen molar-refractivity contribution in [2.24, 2.45) is 5.92 Å². The van der Waals surface area contributed by atoms with Gasteiger partial charge in [0.1, 0.15) is 18.2 Å². The maximum absolute atomic E-state index is 12.3. The van der Waals surface area contributed by atoms with E-state index in [1.54, 1.807) is 0 Å². The molecule has 3 aromatic rings. The Morgan fingerprint density at radius 1 is 1.07 bits per heavy atom. The molecule has 0 atom stereocenters. The Morgan fingerprint density at radius 3 is 2.57 bits per heavy atom. The number of benzene rings is 2. The quantitative estimate of drug-likeness (QED) is 0.483. The van der Waals surface area contributed by atoms with E-state index in [-0.39, 0.29) is 5.91 Å². The van der Waals surface area contributed by atoms with Crippen LogP contribution in [0.4, 0.5) is 0 Å². The fourth-order valence-electron chi connectivity index (χ4n) is 4.10. The highest BCUT2D eigenvalue weighted by Gasteiger charge is 2.24. The third-order valence-electron chi connectivity index (χ3n) is 5.78. The number of rotatable bonds is 8. The average molecular weight is 426 g/mol. The lowest BCUT2D eigenvalue weighted by Gasteiger charge is -2.32. The monoisotopic (exact) mass is 425 g/mol. The number of para-hydroxylation sites is 3. The summed E-state index contributed by atoms with van der Waals surface area (Å²) in [6.45, 7) is 2.99. The lowest BCUT2D eigenvalue weighted by molar-refractivity contribution is -0.132. The number of carbonyl (C=O) groups excluding carboxylic acids is 1. The number of nitrogens with zero attached hydrogens (tertiary/aromatic N) is 3. The van der Waals surface area contributed by atoms with Gasteiger partial charge in [0, 0.05) is 31.9 Å². The number of likely N-dealkylation sites (tertiary alicyclic amines) is 1. The molecule has 5 nitrogen and oxygen atoms in total. The Kier molecular flexibility index (Phi) is 6.90. The van der Waals surface area contributed by atoms with E-state index in [1.165, 1.54) is 0 Å². The molecule has 30 heavy (non-hydrogen) atoms. The van der Waals surface area contributed by atoms with Gasteiger partial charge in [0.2, 0.25) is 5.91 Å². The van der Waals surface area contributed by atoms with Gasteiger partial charge in [-0.2, -0.15) is 0 Å². The zero-order chi connectivity index (χ0) is 20.8. The highest BCUT2D eigenvalue weighted by molar-refractivity contribution is 6.17. The van der Waals surface area contributed by atoms with Crippen LogP contribution in [-0.4, -0.2) is 39.3 Å². The number of hydrogen-bond donors (Lipinski definition) is 0. The first-order chi connectivity index (χ1) is 14.7. The zero-order valence-corrected chi connectivity index (χ0v) is 17.9. The van der Waals surface area contributed by atoms with Gasteiger partial charge in [0.05, 0.1) is 11.0 Å². The van der Waals surface area contributed by atoms with E-state index < -0.39 is 0 Å². The molecule has 0 N–H and O–H groups in total. The van der Waals surface area contributed by atoms with Gasteiger partial charge in [-0.15, -0.1) is 11.6 Å². The number of imidazole rings is 1. The topological polar surface area (TPSA) is 47.4 Å². The maximum Gasteiger partial charge on any atom is 0.222 e. The van der Waals surface area contributed by atoms with Gasteiger partial charge in [-0.25, -0.2) is 4.98 Å². The predicted octanol–water partition coefficient (Wildman–Crippen LogP) is 4.87. The first kappa shape index (κ1) is 20.7. The Bertz CT molecular complexity index is 965. The minimum atomic E-state index is 0.235. The van der Waals surface area contributed by atoms with Crippen molar-refractivity contribution in [3.05, 3.63) is 60.4 Å². The van der Waals surface area contributed by atoms with E-state index in [0.717, 1.165) is 61.5 Å². The molecule has 6 heteroatoms. The number of fused-ring (bicyclic) bond motifs is 1. The summed E-state index contributed by atoms with van der Waals surface area (Å²) >= 11 is 5.72. The van der Waals surface area contributed by atoms with Gasteiger partial charge >= 0.3 is 0 Å². The summed E-state index contributed by atoms with van der Waals surface area (Å²) in [5, 5.41) is 0. The van der Waals surface area contributed by atoms with Crippen LogP contribution < -0.4 is 4.74 Å². The molecule has 0 unspecified atom stereocenters. The largest absolute Gasteiger partial charge is 0.486 e. The molecule has 0 saturated carbocycles. The predicted molar refractivity (Wildman–Crippen MR) is 120 cm³/mol. The molecule has 4 rings (SSSR count). The number of amides is 1. The molecule has 0 aliphatic carbocycles. The van der Waals surface area contributed by atoms with Crippen LogP contribution in [0.1, 0.15) is 31.5 Å². The van der Waals surface area contributed by atoms with E-state index in [4.69, 9.17) is 21.3 Å². The molecular formula is C24H28ClN3O2. The summed E-state index contributed by atoms with van der Waals surface area (Å²) in [5.74, 6) is 3.10. The second-order valence-electron chi connectivity index (χ2n) is 7.85. The molecule has 1 aliphatic heterocycles. The number of hydrogen-bond acceptors (Lipinski definition) is 3. The van der Waals surface area contributed by atoms with Gasteiger partial charge in [-0.3, -0.25) is 4.79 Å². The second kappa shape index (κ2) is 9.98. The highest BCUT2D eigenvalue weighted by atomic mass is 35.5. The van der Waals surface area contributed by atoms with Gasteiger partial charge in [-0.1, -0.05) is 30.3 Å². The number of carbonyl (C=O) groups is 1. The van der Waals surface area contributed by atoms with Crippen LogP contribution >= 0.6 is 11.6 Å². The van der Waals surface area contributed by atoms with Crippen LogP contribution in [0.5, 0.6) is 5.75 Å². The molecule has 0 radical (unpaired) electrons. The van der Waals surface area contributed by atoms with Crippen LogP contribution in [0.25, 0.3) is 11.0 Å². The summed E-state index contributed by atoms with van der Waals surface area (Å²) in [6.07, 6.45) is 3.34. The third kappa shape index (κ3) is 4.96. The summed E-state index contributed by atoms with van der Waals surface area (Å²) in [7, 11) is 0. The Labute approximate surface area is 182 Å². The van der Waals surface area contributed by atoms with Crippen LogP contribution in [-0.2, 0) is 17.9 Å². The molecule has 2 aromatic carbocycles. The summed E-state index contributed by atoms with van der Waals surface area (Å²) in [5.41, 5.74) is 2.14. The van der Waals surface area contributed by atoms with Gasteiger partial charge in [0.25, 0.3) is 0 Å². The average Bonchev–Trinajstić information content (AvgIpc) is 3.14. The van der Waals surface area contributed by atoms with Crippen molar-refractivity contribution < 1.29 is 9.53 Å². The Hall–Kier alpha value is -2.53. The van der Waals surface area contributed by atoms with Crippen LogP contribution in [0.3, 0.4) is 0 Å². The van der Waals surface area contributed by atoms with Gasteiger partial charge in [0.15, 0.2) is 0 Å². The van der Waals surface area contributed by atoms with Crippen molar-refractivity contribution in [1.82, 2.24) is 14.5 Å². The minimum absolute atomic E-state index is 0.235. The minimum Gasteiger partial charge on any atom is -0.486 e. The summed E-state index contributed by atoms with van der Waals surface area (Å²) in [4.78, 5) is 19.1. The van der Waals surface area contributed by atoms with Crippen molar-refractivity contribution in [1.29, 1.82) is 0 Å². The third-order valence-corrected chi connectivity index (χ3v) is 6.04. The number of piperidine rings is 1. The van der Waals surface area contributed by atoms with E-state index in [0.29, 0.717) is 24.8 Å². The molecule has 0 spiro atoms. The SMILES string of the molecule is O=C(CCCCl)N1CCC(Cn2c(COc3ccccc3)nc3ccccc32)CC1. The van der Waals surface area contributed by atoms with E-state index in [1.807, 2.05) is 41.3 Å². The molecule has 1 amide bonds. The van der Waals surface area contributed by atoms with Crippen LogP contribution in [0.15, 0.2) is 54.6 Å². The van der Waals surface area contributed by atoms with E-state index >= 15 is 0 Å². The molecule has 1 fully saturated rings. The highest BCUT2D eigenvalue weighted by Crippen LogP contribution is 2.25. The van der Waals surface area contributed by atoms with Crippen molar-refractivity contribution in [2.75, 3.05) is 19.0 Å². The van der Waals surface area contributed by atoms with E-state index in [9.17, 15) is 4.79 Å². The standard InChI is InChI=1S/C24H28ClN3O2/c25-14-6-11-24(29)27-15-12-19(13-16-27)17-28-22-10-5-4-9-21(22)26-23(28)18-30-20-7-2-1-3-8-20/h1-5,7-10,19H,6,11-18H2. The smallest absolute Gasteiger partial charge is 0.222 e. The fourth-order valence-corrected chi connectivity index (χ4v) is 4.24. The summed E-state index contributed by atoms with van der Waals surface area (Å²) in [6, 6.07) is 18.1. The van der Waals surface area contributed by atoms with Crippen LogP contribution in [0, 0.1) is 5.92 Å². The Balaban J connectivity index is 1.44. The summed E-state index contributed by atoms with van der Waals surface area (Å²) < 4.78 is 8.29. The number of halogens is 1. The van der Waals surface area contributed by atoms with Crippen molar-refractivity contribution >= 4 is 28.5 Å².